The van der Waals surface area contributed by atoms with E-state index in [9.17, 15) is 14.4 Å². The van der Waals surface area contributed by atoms with Crippen LogP contribution in [-0.2, 0) is 14.4 Å². The van der Waals surface area contributed by atoms with Gasteiger partial charge in [-0.15, -0.1) is 0 Å². The van der Waals surface area contributed by atoms with Gasteiger partial charge >= 0.3 is 0 Å². The number of hydrogen-bond acceptors (Lipinski definition) is 6. The maximum Gasteiger partial charge on any atom is 0.259 e. The molecule has 2 aromatic rings. The van der Waals surface area contributed by atoms with Crippen molar-refractivity contribution in [1.82, 2.24) is 10.0 Å². The van der Waals surface area contributed by atoms with Gasteiger partial charge in [0.25, 0.3) is 5.91 Å². The number of methoxy groups -OCH3 is 2. The molecule has 5 rings (SSSR count). The van der Waals surface area contributed by atoms with Gasteiger partial charge in [-0.25, -0.2) is 9.91 Å². The van der Waals surface area contributed by atoms with E-state index in [4.69, 9.17) is 9.47 Å². The Kier molecular flexibility index (Phi) is 4.25. The molecule has 0 radical (unpaired) electrons. The average molecular weight is 407 g/mol. The summed E-state index contributed by atoms with van der Waals surface area (Å²) in [5.74, 6) is -0.105. The van der Waals surface area contributed by atoms with Crippen molar-refractivity contribution in [3.8, 4) is 11.5 Å². The molecular formula is C22H21N3O5. The minimum atomic E-state index is -0.818. The predicted molar refractivity (Wildman–Crippen MR) is 107 cm³/mol. The Morgan fingerprint density at radius 2 is 1.40 bits per heavy atom. The van der Waals surface area contributed by atoms with Crippen molar-refractivity contribution in [3.63, 3.8) is 0 Å². The third-order valence-corrected chi connectivity index (χ3v) is 6.12. The third-order valence-electron chi connectivity index (χ3n) is 6.12. The fourth-order valence-electron chi connectivity index (χ4n) is 4.76. The van der Waals surface area contributed by atoms with Crippen LogP contribution in [0.3, 0.4) is 0 Å². The molecule has 3 saturated heterocycles. The van der Waals surface area contributed by atoms with E-state index in [0.717, 1.165) is 5.56 Å². The first-order chi connectivity index (χ1) is 14.5. The summed E-state index contributed by atoms with van der Waals surface area (Å²) in [6, 6.07) is 13.0. The van der Waals surface area contributed by atoms with Gasteiger partial charge in [-0.05, 0) is 42.0 Å². The number of carbonyl (C=O) groups is 3. The zero-order chi connectivity index (χ0) is 21.0. The van der Waals surface area contributed by atoms with Crippen molar-refractivity contribution < 1.29 is 23.9 Å². The Morgan fingerprint density at radius 3 is 2.00 bits per heavy atom. The maximum absolute atomic E-state index is 13.5. The highest BCUT2D eigenvalue weighted by Gasteiger charge is 2.64. The SMILES string of the molecule is COc1ccc([C@@H]2[C@@H]3C(=O)N(c4ccc(OC)cc4)C(=O)[C@@H]3N3C(=O)CCN23)cc1. The number of benzene rings is 2. The van der Waals surface area contributed by atoms with E-state index in [1.54, 1.807) is 38.5 Å². The van der Waals surface area contributed by atoms with Crippen molar-refractivity contribution in [3.05, 3.63) is 54.1 Å². The molecule has 3 amide bonds. The lowest BCUT2D eigenvalue weighted by Gasteiger charge is -2.29. The van der Waals surface area contributed by atoms with E-state index < -0.39 is 12.0 Å². The van der Waals surface area contributed by atoms with E-state index >= 15 is 0 Å². The lowest BCUT2D eigenvalue weighted by molar-refractivity contribution is -0.143. The van der Waals surface area contributed by atoms with Crippen LogP contribution in [0.25, 0.3) is 0 Å². The first-order valence-corrected chi connectivity index (χ1v) is 9.79. The number of carbonyl (C=O) groups excluding carboxylic acids is 3. The number of rotatable bonds is 4. The quantitative estimate of drug-likeness (QED) is 0.719. The topological polar surface area (TPSA) is 79.4 Å². The van der Waals surface area contributed by atoms with Crippen LogP contribution in [0.15, 0.2) is 48.5 Å². The number of hydrazine groups is 1. The zero-order valence-corrected chi connectivity index (χ0v) is 16.6. The van der Waals surface area contributed by atoms with E-state index in [1.807, 2.05) is 29.3 Å². The predicted octanol–water partition coefficient (Wildman–Crippen LogP) is 1.77. The van der Waals surface area contributed by atoms with Crippen LogP contribution in [-0.4, -0.2) is 54.5 Å². The fourth-order valence-corrected chi connectivity index (χ4v) is 4.76. The van der Waals surface area contributed by atoms with Gasteiger partial charge in [-0.3, -0.25) is 19.4 Å². The van der Waals surface area contributed by atoms with Gasteiger partial charge in [0.2, 0.25) is 11.8 Å². The van der Waals surface area contributed by atoms with Crippen molar-refractivity contribution in [2.75, 3.05) is 25.7 Å². The molecule has 0 aromatic heterocycles. The monoisotopic (exact) mass is 407 g/mol. The van der Waals surface area contributed by atoms with E-state index in [2.05, 4.69) is 0 Å². The first-order valence-electron chi connectivity index (χ1n) is 9.79. The molecule has 8 heteroatoms. The van der Waals surface area contributed by atoms with Crippen molar-refractivity contribution in [1.29, 1.82) is 0 Å². The highest BCUT2D eigenvalue weighted by Crippen LogP contribution is 2.49. The molecule has 154 valence electrons. The minimum absolute atomic E-state index is 0.126. The van der Waals surface area contributed by atoms with Gasteiger partial charge in [-0.2, -0.15) is 0 Å². The number of fused-ring (bicyclic) bond motifs is 3. The van der Waals surface area contributed by atoms with Crippen LogP contribution in [0.2, 0.25) is 0 Å². The van der Waals surface area contributed by atoms with E-state index in [-0.39, 0.29) is 23.8 Å². The number of amides is 3. The number of hydrogen-bond donors (Lipinski definition) is 0. The van der Waals surface area contributed by atoms with Gasteiger partial charge in [0, 0.05) is 13.0 Å². The molecule has 0 unspecified atom stereocenters. The van der Waals surface area contributed by atoms with E-state index in [1.165, 1.54) is 9.91 Å². The maximum atomic E-state index is 13.5. The third kappa shape index (κ3) is 2.53. The molecule has 30 heavy (non-hydrogen) atoms. The summed E-state index contributed by atoms with van der Waals surface area (Å²) >= 11 is 0. The molecule has 3 atom stereocenters. The van der Waals surface area contributed by atoms with E-state index in [0.29, 0.717) is 30.2 Å². The lowest BCUT2D eigenvalue weighted by atomic mass is 9.89. The normalized spacial score (nSPS) is 25.7. The molecule has 0 aliphatic carbocycles. The Bertz CT molecular complexity index is 1020. The summed E-state index contributed by atoms with van der Waals surface area (Å²) < 4.78 is 10.4. The van der Waals surface area contributed by atoms with Crippen LogP contribution in [0, 0.1) is 5.92 Å². The molecule has 3 fully saturated rings. The second kappa shape index (κ2) is 6.84. The summed E-state index contributed by atoms with van der Waals surface area (Å²) in [7, 11) is 3.14. The Hall–Kier alpha value is -3.39. The summed E-state index contributed by atoms with van der Waals surface area (Å²) in [4.78, 5) is 40.7. The standard InChI is InChI=1S/C22H21N3O5/c1-29-15-7-3-13(4-8-15)19-18-20(25-17(26)11-12-23(19)25)22(28)24(21(18)27)14-5-9-16(30-2)10-6-14/h3-10,18-20H,11-12H2,1-2H3/t18-,19+,20+/m0/s1. The molecule has 3 aliphatic rings. The molecule has 0 N–H and O–H groups in total. The summed E-state index contributed by atoms with van der Waals surface area (Å²) in [6.07, 6.45) is 0.333. The van der Waals surface area contributed by atoms with Gasteiger partial charge in [0.15, 0.2) is 0 Å². The smallest absolute Gasteiger partial charge is 0.259 e. The Morgan fingerprint density at radius 1 is 0.800 bits per heavy atom. The van der Waals surface area contributed by atoms with Crippen molar-refractivity contribution >= 4 is 23.4 Å². The van der Waals surface area contributed by atoms with Crippen LogP contribution < -0.4 is 14.4 Å². The van der Waals surface area contributed by atoms with Crippen LogP contribution >= 0.6 is 0 Å². The van der Waals surface area contributed by atoms with Crippen molar-refractivity contribution in [2.45, 2.75) is 18.5 Å². The summed E-state index contributed by atoms with van der Waals surface area (Å²) in [5, 5.41) is 3.38. The molecule has 0 bridgehead atoms. The highest BCUT2D eigenvalue weighted by atomic mass is 16.5. The Balaban J connectivity index is 1.56. The van der Waals surface area contributed by atoms with Gasteiger partial charge in [-0.1, -0.05) is 12.1 Å². The number of imide groups is 1. The molecule has 3 heterocycles. The molecule has 3 aliphatic heterocycles. The zero-order valence-electron chi connectivity index (χ0n) is 16.6. The molecule has 0 spiro atoms. The average Bonchev–Trinajstić information content (AvgIpc) is 3.39. The Labute approximate surface area is 173 Å². The van der Waals surface area contributed by atoms with Crippen molar-refractivity contribution in [2.24, 2.45) is 5.92 Å². The summed E-state index contributed by atoms with van der Waals surface area (Å²) in [5.41, 5.74) is 1.35. The molecule has 2 aromatic carbocycles. The number of ether oxygens (including phenoxy) is 2. The van der Waals surface area contributed by atoms with Crippen LogP contribution in [0.5, 0.6) is 11.5 Å². The second-order valence-electron chi connectivity index (χ2n) is 7.55. The van der Waals surface area contributed by atoms with Crippen LogP contribution in [0.4, 0.5) is 5.69 Å². The second-order valence-corrected chi connectivity index (χ2v) is 7.55. The van der Waals surface area contributed by atoms with Gasteiger partial charge in [0.05, 0.1) is 31.9 Å². The molecule has 0 saturated carbocycles. The number of nitrogens with zero attached hydrogens (tertiary/aromatic N) is 3. The highest BCUT2D eigenvalue weighted by molar-refractivity contribution is 6.24. The lowest BCUT2D eigenvalue weighted by Crippen LogP contribution is -2.45. The molecule has 8 nitrogen and oxygen atoms in total. The first kappa shape index (κ1) is 18.6. The minimum Gasteiger partial charge on any atom is -0.497 e. The largest absolute Gasteiger partial charge is 0.497 e. The fraction of sp³-hybridized carbons (Fsp3) is 0.318. The molecular weight excluding hydrogens is 386 g/mol. The summed E-state index contributed by atoms with van der Waals surface area (Å²) in [6.45, 7) is 0.492. The van der Waals surface area contributed by atoms with Gasteiger partial charge < -0.3 is 9.47 Å². The van der Waals surface area contributed by atoms with Crippen LogP contribution in [0.1, 0.15) is 18.0 Å². The number of anilines is 1. The van der Waals surface area contributed by atoms with Gasteiger partial charge in [0.1, 0.15) is 17.5 Å².